The standard InChI is InChI=1S/C14H27NO3S/c1-4-8-15-14(12-6-7-12,13(16)18-5-2)11-19-10-9-17-3/h12,15H,4-11H2,1-3H3. The van der Waals surface area contributed by atoms with Gasteiger partial charge in [-0.3, -0.25) is 4.79 Å². The van der Waals surface area contributed by atoms with Crippen LogP contribution in [0, 0.1) is 5.92 Å². The minimum atomic E-state index is -0.482. The van der Waals surface area contributed by atoms with E-state index in [1.807, 2.05) is 6.92 Å². The molecule has 0 heterocycles. The zero-order chi connectivity index (χ0) is 14.1. The van der Waals surface area contributed by atoms with Gasteiger partial charge in [-0.2, -0.15) is 11.8 Å². The van der Waals surface area contributed by atoms with Crippen LogP contribution in [0.4, 0.5) is 0 Å². The van der Waals surface area contributed by atoms with E-state index in [1.54, 1.807) is 18.9 Å². The number of nitrogens with one attached hydrogen (secondary N) is 1. The Bertz CT molecular complexity index is 271. The van der Waals surface area contributed by atoms with Gasteiger partial charge in [0.15, 0.2) is 0 Å². The minimum absolute atomic E-state index is 0.0733. The summed E-state index contributed by atoms with van der Waals surface area (Å²) < 4.78 is 10.4. The quantitative estimate of drug-likeness (QED) is 0.466. The first-order valence-corrected chi connectivity index (χ1v) is 8.35. The summed E-state index contributed by atoms with van der Waals surface area (Å²) in [6.07, 6.45) is 3.28. The Morgan fingerprint density at radius 2 is 2.16 bits per heavy atom. The summed E-state index contributed by atoms with van der Waals surface area (Å²) >= 11 is 1.77. The normalized spacial score (nSPS) is 18.1. The van der Waals surface area contributed by atoms with Crippen LogP contribution in [0.1, 0.15) is 33.1 Å². The lowest BCUT2D eigenvalue weighted by atomic mass is 9.95. The Kier molecular flexibility index (Phi) is 7.80. The number of carbonyl (C=O) groups excluding carboxylic acids is 1. The lowest BCUT2D eigenvalue weighted by molar-refractivity contribution is -0.151. The molecule has 1 aliphatic carbocycles. The number of ether oxygens (including phenoxy) is 2. The summed E-state index contributed by atoms with van der Waals surface area (Å²) in [4.78, 5) is 12.4. The monoisotopic (exact) mass is 289 g/mol. The van der Waals surface area contributed by atoms with E-state index >= 15 is 0 Å². The Labute approximate surface area is 121 Å². The maximum atomic E-state index is 12.4. The van der Waals surface area contributed by atoms with E-state index in [0.29, 0.717) is 12.5 Å². The smallest absolute Gasteiger partial charge is 0.327 e. The van der Waals surface area contributed by atoms with E-state index in [4.69, 9.17) is 9.47 Å². The molecule has 4 nitrogen and oxygen atoms in total. The zero-order valence-electron chi connectivity index (χ0n) is 12.4. The first kappa shape index (κ1) is 16.8. The first-order valence-electron chi connectivity index (χ1n) is 7.20. The van der Waals surface area contributed by atoms with Crippen molar-refractivity contribution in [2.45, 2.75) is 38.6 Å². The van der Waals surface area contributed by atoms with Crippen molar-refractivity contribution in [2.24, 2.45) is 5.92 Å². The van der Waals surface area contributed by atoms with Gasteiger partial charge in [0.1, 0.15) is 5.54 Å². The molecule has 0 spiro atoms. The molecule has 1 saturated carbocycles. The highest BCUT2D eigenvalue weighted by Crippen LogP contribution is 2.42. The van der Waals surface area contributed by atoms with Crippen LogP contribution in [0.15, 0.2) is 0 Å². The highest BCUT2D eigenvalue weighted by atomic mass is 32.2. The van der Waals surface area contributed by atoms with Crippen molar-refractivity contribution >= 4 is 17.7 Å². The molecule has 1 rings (SSSR count). The third-order valence-electron chi connectivity index (χ3n) is 3.37. The van der Waals surface area contributed by atoms with Gasteiger partial charge in [-0.1, -0.05) is 6.92 Å². The molecule has 0 bridgehead atoms. The van der Waals surface area contributed by atoms with Crippen molar-refractivity contribution in [1.29, 1.82) is 0 Å². The van der Waals surface area contributed by atoms with Crippen molar-refractivity contribution in [1.82, 2.24) is 5.32 Å². The molecule has 0 aromatic heterocycles. The summed E-state index contributed by atoms with van der Waals surface area (Å²) in [5, 5.41) is 3.47. The average Bonchev–Trinajstić information content (AvgIpc) is 3.23. The van der Waals surface area contributed by atoms with Crippen molar-refractivity contribution < 1.29 is 14.3 Å². The number of carbonyl (C=O) groups is 1. The topological polar surface area (TPSA) is 47.6 Å². The second-order valence-electron chi connectivity index (χ2n) is 4.94. The van der Waals surface area contributed by atoms with E-state index in [-0.39, 0.29) is 5.97 Å². The second-order valence-corrected chi connectivity index (χ2v) is 6.04. The van der Waals surface area contributed by atoms with Crippen LogP contribution in [0.25, 0.3) is 0 Å². The number of hydrogen-bond acceptors (Lipinski definition) is 5. The van der Waals surface area contributed by atoms with Gasteiger partial charge in [-0.25, -0.2) is 0 Å². The number of esters is 1. The molecule has 1 aliphatic rings. The molecular weight excluding hydrogens is 262 g/mol. The van der Waals surface area contributed by atoms with Gasteiger partial charge >= 0.3 is 5.97 Å². The average molecular weight is 289 g/mol. The van der Waals surface area contributed by atoms with Crippen molar-refractivity contribution in [2.75, 3.05) is 38.4 Å². The van der Waals surface area contributed by atoms with Crippen LogP contribution in [-0.2, 0) is 14.3 Å². The Morgan fingerprint density at radius 1 is 1.42 bits per heavy atom. The summed E-state index contributed by atoms with van der Waals surface area (Å²) in [5.74, 6) is 2.06. The molecule has 0 aliphatic heterocycles. The van der Waals surface area contributed by atoms with Crippen LogP contribution in [0.3, 0.4) is 0 Å². The Hall–Kier alpha value is -0.260. The van der Waals surface area contributed by atoms with Gasteiger partial charge < -0.3 is 14.8 Å². The second kappa shape index (κ2) is 8.82. The van der Waals surface area contributed by atoms with Crippen LogP contribution < -0.4 is 5.32 Å². The zero-order valence-corrected chi connectivity index (χ0v) is 13.2. The lowest BCUT2D eigenvalue weighted by Crippen LogP contribution is -2.57. The largest absolute Gasteiger partial charge is 0.465 e. The predicted octanol–water partition coefficient (Wildman–Crippen LogP) is 2.08. The molecule has 1 N–H and O–H groups in total. The van der Waals surface area contributed by atoms with Gasteiger partial charge in [-0.15, -0.1) is 0 Å². The van der Waals surface area contributed by atoms with Crippen LogP contribution >= 0.6 is 11.8 Å². The molecule has 112 valence electrons. The van der Waals surface area contributed by atoms with Gasteiger partial charge in [0.05, 0.1) is 13.2 Å². The lowest BCUT2D eigenvalue weighted by Gasteiger charge is -2.32. The Balaban J connectivity index is 2.64. The fourth-order valence-corrected chi connectivity index (χ4v) is 3.38. The van der Waals surface area contributed by atoms with E-state index in [1.165, 1.54) is 0 Å². The molecule has 0 aromatic rings. The van der Waals surface area contributed by atoms with E-state index in [0.717, 1.165) is 43.9 Å². The van der Waals surface area contributed by atoms with Crippen molar-refractivity contribution in [3.8, 4) is 0 Å². The molecule has 0 radical (unpaired) electrons. The highest BCUT2D eigenvalue weighted by Gasteiger charge is 2.51. The van der Waals surface area contributed by atoms with Gasteiger partial charge in [0, 0.05) is 18.6 Å². The third-order valence-corrected chi connectivity index (χ3v) is 4.48. The molecule has 5 heteroatoms. The first-order chi connectivity index (χ1) is 9.21. The van der Waals surface area contributed by atoms with Crippen molar-refractivity contribution in [3.63, 3.8) is 0 Å². The summed E-state index contributed by atoms with van der Waals surface area (Å²) in [7, 11) is 1.70. The van der Waals surface area contributed by atoms with Crippen LogP contribution in [0.2, 0.25) is 0 Å². The van der Waals surface area contributed by atoms with Crippen LogP contribution in [-0.4, -0.2) is 49.9 Å². The van der Waals surface area contributed by atoms with E-state index in [2.05, 4.69) is 12.2 Å². The molecule has 1 fully saturated rings. The number of hydrogen-bond donors (Lipinski definition) is 1. The number of rotatable bonds is 11. The van der Waals surface area contributed by atoms with Gasteiger partial charge in [0.2, 0.25) is 0 Å². The van der Waals surface area contributed by atoms with E-state index < -0.39 is 5.54 Å². The molecular formula is C14H27NO3S. The molecule has 1 unspecified atom stereocenters. The minimum Gasteiger partial charge on any atom is -0.465 e. The summed E-state index contributed by atoms with van der Waals surface area (Å²) in [6.45, 7) is 6.02. The van der Waals surface area contributed by atoms with Gasteiger partial charge in [0.25, 0.3) is 0 Å². The number of thioether (sulfide) groups is 1. The fourth-order valence-electron chi connectivity index (χ4n) is 2.17. The molecule has 0 aromatic carbocycles. The molecule has 0 amide bonds. The number of methoxy groups -OCH3 is 1. The fraction of sp³-hybridized carbons (Fsp3) is 0.929. The molecule has 19 heavy (non-hydrogen) atoms. The summed E-state index contributed by atoms with van der Waals surface area (Å²) in [6, 6.07) is 0. The predicted molar refractivity (Wildman–Crippen MR) is 79.6 cm³/mol. The third kappa shape index (κ3) is 4.97. The van der Waals surface area contributed by atoms with Crippen molar-refractivity contribution in [3.05, 3.63) is 0 Å². The maximum absolute atomic E-state index is 12.4. The summed E-state index contributed by atoms with van der Waals surface area (Å²) in [5.41, 5.74) is -0.482. The van der Waals surface area contributed by atoms with E-state index in [9.17, 15) is 4.79 Å². The van der Waals surface area contributed by atoms with Gasteiger partial charge in [-0.05, 0) is 38.6 Å². The SMILES string of the molecule is CCCNC(CSCCOC)(C(=O)OCC)C1CC1. The van der Waals surface area contributed by atoms with Crippen LogP contribution in [0.5, 0.6) is 0 Å². The molecule has 1 atom stereocenters. The highest BCUT2D eigenvalue weighted by molar-refractivity contribution is 7.99. The maximum Gasteiger partial charge on any atom is 0.327 e. The molecule has 0 saturated heterocycles. The Morgan fingerprint density at radius 3 is 2.68 bits per heavy atom.